The van der Waals surface area contributed by atoms with Gasteiger partial charge in [0.2, 0.25) is 0 Å². The van der Waals surface area contributed by atoms with E-state index >= 15 is 0 Å². The number of rotatable bonds is 4. The Morgan fingerprint density at radius 3 is 2.76 bits per heavy atom. The van der Waals surface area contributed by atoms with Crippen molar-refractivity contribution in [3.63, 3.8) is 0 Å². The number of likely N-dealkylation sites (tertiary alicyclic amines) is 1. The largest absolute Gasteiger partial charge is 0.396 e. The molecule has 116 valence electrons. The van der Waals surface area contributed by atoms with Crippen LogP contribution in [0.5, 0.6) is 0 Å². The lowest BCUT2D eigenvalue weighted by Crippen LogP contribution is -2.44. The predicted octanol–water partition coefficient (Wildman–Crippen LogP) is 2.77. The van der Waals surface area contributed by atoms with Gasteiger partial charge in [-0.2, -0.15) is 0 Å². The van der Waals surface area contributed by atoms with Crippen molar-refractivity contribution in [1.29, 1.82) is 0 Å². The van der Waals surface area contributed by atoms with E-state index < -0.39 is 5.82 Å². The van der Waals surface area contributed by atoms with Gasteiger partial charge < -0.3 is 11.1 Å². The van der Waals surface area contributed by atoms with Gasteiger partial charge >= 0.3 is 0 Å². The molecule has 1 aliphatic rings. The van der Waals surface area contributed by atoms with E-state index in [4.69, 9.17) is 5.73 Å². The number of benzene rings is 1. The number of nitrogens with one attached hydrogen (secondary N) is 1. The molecule has 1 fully saturated rings. The Morgan fingerprint density at radius 1 is 1.43 bits per heavy atom. The van der Waals surface area contributed by atoms with Crippen LogP contribution in [-0.4, -0.2) is 36.5 Å². The molecule has 6 heteroatoms. The molecule has 1 aromatic rings. The summed E-state index contributed by atoms with van der Waals surface area (Å²) in [7, 11) is 0. The van der Waals surface area contributed by atoms with E-state index in [1.807, 2.05) is 0 Å². The number of carbonyl (C=O) groups is 1. The smallest absolute Gasteiger partial charge is 0.252 e. The minimum Gasteiger partial charge on any atom is -0.396 e. The zero-order valence-corrected chi connectivity index (χ0v) is 13.7. The topological polar surface area (TPSA) is 58.4 Å². The maximum absolute atomic E-state index is 13.3. The number of hydrogen-bond donors (Lipinski definition) is 2. The number of carbonyl (C=O) groups excluding carboxylic acids is 1. The van der Waals surface area contributed by atoms with E-state index in [-0.39, 0.29) is 11.6 Å². The lowest BCUT2D eigenvalue weighted by atomic mass is 10.1. The number of amides is 1. The van der Waals surface area contributed by atoms with E-state index in [2.05, 4.69) is 33.1 Å². The normalized spacial score (nSPS) is 17.5. The zero-order valence-electron chi connectivity index (χ0n) is 12.2. The number of piperidine rings is 1. The quantitative estimate of drug-likeness (QED) is 0.814. The van der Waals surface area contributed by atoms with Crippen LogP contribution in [0.4, 0.5) is 10.1 Å². The summed E-state index contributed by atoms with van der Waals surface area (Å²) >= 11 is 3.20. The third kappa shape index (κ3) is 4.17. The van der Waals surface area contributed by atoms with Gasteiger partial charge in [0.15, 0.2) is 0 Å². The molecule has 0 aromatic heterocycles. The molecule has 1 atom stereocenters. The van der Waals surface area contributed by atoms with Crippen molar-refractivity contribution in [2.75, 3.05) is 25.4 Å². The summed E-state index contributed by atoms with van der Waals surface area (Å²) in [5.74, 6) is -0.766. The second-order valence-electron chi connectivity index (χ2n) is 5.51. The highest BCUT2D eigenvalue weighted by atomic mass is 79.9. The maximum Gasteiger partial charge on any atom is 0.252 e. The van der Waals surface area contributed by atoms with Crippen LogP contribution in [0.2, 0.25) is 0 Å². The molecule has 1 unspecified atom stereocenters. The molecule has 2 rings (SSSR count). The van der Waals surface area contributed by atoms with Gasteiger partial charge in [-0.05, 0) is 60.9 Å². The van der Waals surface area contributed by atoms with Crippen molar-refractivity contribution >= 4 is 27.5 Å². The molecule has 1 aliphatic heterocycles. The van der Waals surface area contributed by atoms with Crippen LogP contribution < -0.4 is 11.1 Å². The monoisotopic (exact) mass is 357 g/mol. The Labute approximate surface area is 133 Å². The standard InChI is InChI=1S/C15H21BrFN3O/c1-10(20-5-3-2-4-6-20)9-19-15(21)11-7-14(18)13(17)8-12(11)16/h7-8,10H,2-6,9,18H2,1H3,(H,19,21). The highest BCUT2D eigenvalue weighted by Gasteiger charge is 2.18. The van der Waals surface area contributed by atoms with Crippen molar-refractivity contribution in [3.05, 3.63) is 28.0 Å². The number of anilines is 1. The summed E-state index contributed by atoms with van der Waals surface area (Å²) in [6.45, 7) is 4.86. The van der Waals surface area contributed by atoms with Gasteiger partial charge in [-0.3, -0.25) is 9.69 Å². The average Bonchev–Trinajstić information content (AvgIpc) is 2.49. The van der Waals surface area contributed by atoms with E-state index in [1.54, 1.807) is 0 Å². The molecule has 0 spiro atoms. The van der Waals surface area contributed by atoms with Crippen LogP contribution in [0, 0.1) is 5.82 Å². The van der Waals surface area contributed by atoms with Gasteiger partial charge in [-0.15, -0.1) is 0 Å². The molecule has 0 radical (unpaired) electrons. The predicted molar refractivity (Wildman–Crippen MR) is 85.7 cm³/mol. The first-order valence-corrected chi connectivity index (χ1v) is 8.05. The highest BCUT2D eigenvalue weighted by molar-refractivity contribution is 9.10. The molecule has 1 heterocycles. The molecular formula is C15H21BrFN3O. The number of nitrogens with zero attached hydrogens (tertiary/aromatic N) is 1. The van der Waals surface area contributed by atoms with Crippen LogP contribution in [0.3, 0.4) is 0 Å². The Morgan fingerprint density at radius 2 is 2.10 bits per heavy atom. The van der Waals surface area contributed by atoms with Gasteiger partial charge in [0.25, 0.3) is 5.91 Å². The van der Waals surface area contributed by atoms with E-state index in [1.165, 1.54) is 31.4 Å². The summed E-state index contributed by atoms with van der Waals surface area (Å²) < 4.78 is 13.7. The fraction of sp³-hybridized carbons (Fsp3) is 0.533. The molecule has 21 heavy (non-hydrogen) atoms. The Bertz CT molecular complexity index is 518. The van der Waals surface area contributed by atoms with Crippen LogP contribution >= 0.6 is 15.9 Å². The van der Waals surface area contributed by atoms with Crippen molar-refractivity contribution in [2.45, 2.75) is 32.2 Å². The van der Waals surface area contributed by atoms with Crippen molar-refractivity contribution in [2.24, 2.45) is 0 Å². The van der Waals surface area contributed by atoms with Crippen LogP contribution in [0.15, 0.2) is 16.6 Å². The lowest BCUT2D eigenvalue weighted by molar-refractivity contribution is 0.0929. The minimum atomic E-state index is -0.528. The number of hydrogen-bond acceptors (Lipinski definition) is 3. The summed E-state index contributed by atoms with van der Waals surface area (Å²) in [5.41, 5.74) is 5.86. The van der Waals surface area contributed by atoms with Crippen molar-refractivity contribution in [3.8, 4) is 0 Å². The van der Waals surface area contributed by atoms with Crippen molar-refractivity contribution < 1.29 is 9.18 Å². The minimum absolute atomic E-state index is 0.0209. The molecular weight excluding hydrogens is 337 g/mol. The average molecular weight is 358 g/mol. The van der Waals surface area contributed by atoms with E-state index in [0.29, 0.717) is 22.6 Å². The lowest BCUT2D eigenvalue weighted by Gasteiger charge is -2.32. The summed E-state index contributed by atoms with van der Waals surface area (Å²) in [6.07, 6.45) is 3.73. The first-order valence-electron chi connectivity index (χ1n) is 7.26. The first-order chi connectivity index (χ1) is 9.99. The van der Waals surface area contributed by atoms with Crippen LogP contribution in [0.25, 0.3) is 0 Å². The highest BCUT2D eigenvalue weighted by Crippen LogP contribution is 2.22. The number of nitrogen functional groups attached to an aromatic ring is 1. The Hall–Kier alpha value is -1.14. The second-order valence-corrected chi connectivity index (χ2v) is 6.36. The van der Waals surface area contributed by atoms with Gasteiger partial charge in [0, 0.05) is 17.1 Å². The van der Waals surface area contributed by atoms with Gasteiger partial charge in [0.05, 0.1) is 11.3 Å². The summed E-state index contributed by atoms with van der Waals surface area (Å²) in [6, 6.07) is 2.88. The molecule has 0 saturated carbocycles. The SMILES string of the molecule is CC(CNC(=O)c1cc(N)c(F)cc1Br)N1CCCCC1. The fourth-order valence-electron chi connectivity index (χ4n) is 2.56. The first kappa shape index (κ1) is 16.2. The summed E-state index contributed by atoms with van der Waals surface area (Å²) in [4.78, 5) is 14.6. The Balaban J connectivity index is 1.93. The van der Waals surface area contributed by atoms with E-state index in [9.17, 15) is 9.18 Å². The number of nitrogens with two attached hydrogens (primary N) is 1. The molecule has 3 N–H and O–H groups in total. The van der Waals surface area contributed by atoms with Gasteiger partial charge in [-0.1, -0.05) is 6.42 Å². The van der Waals surface area contributed by atoms with Gasteiger partial charge in [0.1, 0.15) is 5.82 Å². The molecule has 4 nitrogen and oxygen atoms in total. The maximum atomic E-state index is 13.3. The second kappa shape index (κ2) is 7.22. The molecule has 0 aliphatic carbocycles. The Kier molecular flexibility index (Phi) is 5.58. The van der Waals surface area contributed by atoms with Gasteiger partial charge in [-0.25, -0.2) is 4.39 Å². The molecule has 1 amide bonds. The molecule has 1 saturated heterocycles. The third-order valence-electron chi connectivity index (χ3n) is 3.90. The third-order valence-corrected chi connectivity index (χ3v) is 4.56. The molecule has 1 aromatic carbocycles. The zero-order chi connectivity index (χ0) is 15.4. The molecule has 0 bridgehead atoms. The van der Waals surface area contributed by atoms with E-state index in [0.717, 1.165) is 13.1 Å². The summed E-state index contributed by atoms with van der Waals surface area (Å²) in [5, 5.41) is 2.89. The van der Waals surface area contributed by atoms with Crippen LogP contribution in [0.1, 0.15) is 36.5 Å². The van der Waals surface area contributed by atoms with Crippen LogP contribution in [-0.2, 0) is 0 Å². The fourth-order valence-corrected chi connectivity index (χ4v) is 3.06. The van der Waals surface area contributed by atoms with Crippen molar-refractivity contribution in [1.82, 2.24) is 10.2 Å². The number of halogens is 2.